The Labute approximate surface area is 128 Å². The molecule has 0 N–H and O–H groups in total. The van der Waals surface area contributed by atoms with Crippen LogP contribution in [-0.2, 0) is 4.79 Å². The van der Waals surface area contributed by atoms with Gasteiger partial charge in [-0.15, -0.1) is 0 Å². The molecule has 0 aromatic heterocycles. The van der Waals surface area contributed by atoms with Crippen molar-refractivity contribution in [3.63, 3.8) is 0 Å². The summed E-state index contributed by atoms with van der Waals surface area (Å²) in [5.74, 6) is 0. The molecule has 0 atom stereocenters. The Kier molecular flexibility index (Phi) is 25.1. The zero-order valence-electron chi connectivity index (χ0n) is 10.5. The third kappa shape index (κ3) is 17.9. The standard InChI is InChI=1S/C8H15ClO.2Na.2H/c1-2-3-4-5-6-7-8(9)10;;;;/h2-7H2,1H3;;;;/q;2*+1;2*-1. The maximum Gasteiger partial charge on any atom is 1.00 e. The SMILES string of the molecule is CCCCCCCC(=O)Cl.[H-].[H-].[Na+].[Na+]. The van der Waals surface area contributed by atoms with Gasteiger partial charge in [0, 0.05) is 6.42 Å². The fourth-order valence-electron chi connectivity index (χ4n) is 0.868. The van der Waals surface area contributed by atoms with E-state index in [0.717, 1.165) is 12.8 Å². The number of hydrogen-bond donors (Lipinski definition) is 0. The van der Waals surface area contributed by atoms with Crippen molar-refractivity contribution in [1.82, 2.24) is 0 Å². The van der Waals surface area contributed by atoms with E-state index in [9.17, 15) is 4.79 Å². The van der Waals surface area contributed by atoms with Gasteiger partial charge in [0.25, 0.3) is 0 Å². The van der Waals surface area contributed by atoms with Crippen LogP contribution in [0.5, 0.6) is 0 Å². The van der Waals surface area contributed by atoms with Crippen LogP contribution >= 0.6 is 11.6 Å². The zero-order valence-corrected chi connectivity index (χ0v) is 13.3. The van der Waals surface area contributed by atoms with Crippen molar-refractivity contribution in [1.29, 1.82) is 0 Å². The van der Waals surface area contributed by atoms with Crippen LogP contribution < -0.4 is 59.1 Å². The van der Waals surface area contributed by atoms with Crippen molar-refractivity contribution >= 4 is 16.8 Å². The minimum absolute atomic E-state index is 0. The molecule has 0 aliphatic heterocycles. The maximum absolute atomic E-state index is 10.2. The van der Waals surface area contributed by atoms with Crippen LogP contribution in [0.4, 0.5) is 0 Å². The van der Waals surface area contributed by atoms with Crippen LogP contribution in [0, 0.1) is 0 Å². The molecule has 0 spiro atoms. The molecule has 0 saturated carbocycles. The number of hydrogen-bond acceptors (Lipinski definition) is 1. The predicted molar refractivity (Wildman–Crippen MR) is 46.5 cm³/mol. The second kappa shape index (κ2) is 15.4. The Morgan fingerprint density at radius 3 is 2.08 bits per heavy atom. The van der Waals surface area contributed by atoms with Gasteiger partial charge in [0.05, 0.1) is 0 Å². The minimum Gasteiger partial charge on any atom is -1.00 e. The summed E-state index contributed by atoms with van der Waals surface area (Å²) < 4.78 is 0. The van der Waals surface area contributed by atoms with Gasteiger partial charge in [0.2, 0.25) is 5.24 Å². The van der Waals surface area contributed by atoms with Crippen LogP contribution in [0.15, 0.2) is 0 Å². The number of unbranched alkanes of at least 4 members (excludes halogenated alkanes) is 4. The zero-order chi connectivity index (χ0) is 7.82. The van der Waals surface area contributed by atoms with Gasteiger partial charge in [-0.25, -0.2) is 0 Å². The largest absolute Gasteiger partial charge is 1.00 e. The molecule has 0 heterocycles. The summed E-state index contributed by atoms with van der Waals surface area (Å²) in [4.78, 5) is 10.2. The van der Waals surface area contributed by atoms with Gasteiger partial charge >= 0.3 is 59.1 Å². The topological polar surface area (TPSA) is 17.1 Å². The summed E-state index contributed by atoms with van der Waals surface area (Å²) in [5.41, 5.74) is 0. The van der Waals surface area contributed by atoms with E-state index >= 15 is 0 Å². The molecule has 64 valence electrons. The van der Waals surface area contributed by atoms with Crippen molar-refractivity contribution in [3.05, 3.63) is 0 Å². The summed E-state index contributed by atoms with van der Waals surface area (Å²) in [6, 6.07) is 0. The second-order valence-electron chi connectivity index (χ2n) is 2.52. The van der Waals surface area contributed by atoms with Crippen molar-refractivity contribution in [3.8, 4) is 0 Å². The van der Waals surface area contributed by atoms with E-state index in [-0.39, 0.29) is 67.2 Å². The first-order valence-corrected chi connectivity index (χ1v) is 4.33. The molecule has 0 aromatic rings. The molecule has 0 amide bonds. The number of halogens is 1. The molecular formula is C8H17ClNa2O. The van der Waals surface area contributed by atoms with Crippen molar-refractivity contribution in [2.75, 3.05) is 0 Å². The van der Waals surface area contributed by atoms with Gasteiger partial charge in [0.1, 0.15) is 0 Å². The summed E-state index contributed by atoms with van der Waals surface area (Å²) in [6.07, 6.45) is 6.41. The Bertz CT molecular complexity index is 107. The molecule has 0 radical (unpaired) electrons. The van der Waals surface area contributed by atoms with Crippen LogP contribution in [0.25, 0.3) is 0 Å². The molecule has 0 aromatic carbocycles. The van der Waals surface area contributed by atoms with Gasteiger partial charge in [0.15, 0.2) is 0 Å². The van der Waals surface area contributed by atoms with E-state index < -0.39 is 0 Å². The molecule has 0 bridgehead atoms. The normalized spacial score (nSPS) is 8.17. The Morgan fingerprint density at radius 1 is 1.17 bits per heavy atom. The summed E-state index contributed by atoms with van der Waals surface area (Å²) in [7, 11) is 0. The molecule has 0 rings (SSSR count). The third-order valence-electron chi connectivity index (χ3n) is 1.48. The Morgan fingerprint density at radius 2 is 1.67 bits per heavy atom. The quantitative estimate of drug-likeness (QED) is 0.266. The van der Waals surface area contributed by atoms with Crippen LogP contribution in [0.2, 0.25) is 0 Å². The van der Waals surface area contributed by atoms with E-state index in [0.29, 0.717) is 6.42 Å². The van der Waals surface area contributed by atoms with Gasteiger partial charge in [-0.2, -0.15) is 0 Å². The molecule has 0 fully saturated rings. The van der Waals surface area contributed by atoms with E-state index in [1.165, 1.54) is 19.3 Å². The maximum atomic E-state index is 10.2. The fraction of sp³-hybridized carbons (Fsp3) is 0.875. The van der Waals surface area contributed by atoms with E-state index in [1.54, 1.807) is 0 Å². The first-order chi connectivity index (χ1) is 4.77. The average molecular weight is 211 g/mol. The van der Waals surface area contributed by atoms with Gasteiger partial charge in [-0.05, 0) is 18.0 Å². The molecule has 12 heavy (non-hydrogen) atoms. The summed E-state index contributed by atoms with van der Waals surface area (Å²) in [5, 5.41) is -0.198. The van der Waals surface area contributed by atoms with Crippen molar-refractivity contribution < 1.29 is 66.8 Å². The number of carbonyl (C=O) groups excluding carboxylic acids is 1. The predicted octanol–water partition coefficient (Wildman–Crippen LogP) is -2.65. The van der Waals surface area contributed by atoms with Gasteiger partial charge < -0.3 is 2.85 Å². The summed E-state index contributed by atoms with van der Waals surface area (Å²) in [6.45, 7) is 2.17. The Balaban J connectivity index is -0.0000000675. The molecule has 0 aliphatic carbocycles. The van der Waals surface area contributed by atoms with E-state index in [1.807, 2.05) is 0 Å². The Hall–Kier alpha value is 1.96. The van der Waals surface area contributed by atoms with Crippen molar-refractivity contribution in [2.24, 2.45) is 0 Å². The third-order valence-corrected chi connectivity index (χ3v) is 1.67. The molecule has 1 nitrogen and oxygen atoms in total. The first-order valence-electron chi connectivity index (χ1n) is 3.95. The average Bonchev–Trinajstić information content (AvgIpc) is 1.87. The van der Waals surface area contributed by atoms with Gasteiger partial charge in [-0.1, -0.05) is 32.6 Å². The molecule has 4 heteroatoms. The number of rotatable bonds is 6. The van der Waals surface area contributed by atoms with E-state index in [4.69, 9.17) is 11.6 Å². The minimum atomic E-state index is -0.198. The molecule has 0 aliphatic rings. The van der Waals surface area contributed by atoms with E-state index in [2.05, 4.69) is 6.92 Å². The monoisotopic (exact) mass is 210 g/mol. The van der Waals surface area contributed by atoms with Crippen molar-refractivity contribution in [2.45, 2.75) is 45.4 Å². The van der Waals surface area contributed by atoms with Gasteiger partial charge in [-0.3, -0.25) is 4.79 Å². The summed E-state index contributed by atoms with van der Waals surface area (Å²) >= 11 is 5.15. The van der Waals surface area contributed by atoms with Crippen LogP contribution in [0.1, 0.15) is 48.3 Å². The number of carbonyl (C=O) groups is 1. The van der Waals surface area contributed by atoms with Crippen LogP contribution in [0.3, 0.4) is 0 Å². The molecule has 0 saturated heterocycles. The first kappa shape index (κ1) is 19.5. The smallest absolute Gasteiger partial charge is 1.00 e. The second-order valence-corrected chi connectivity index (χ2v) is 2.94. The fourth-order valence-corrected chi connectivity index (χ4v) is 1.00. The molecular weight excluding hydrogens is 194 g/mol. The molecule has 0 unspecified atom stereocenters. The van der Waals surface area contributed by atoms with Crippen LogP contribution in [-0.4, -0.2) is 5.24 Å².